The number of hydrogen-bond acceptors (Lipinski definition) is 25. The van der Waals surface area contributed by atoms with Gasteiger partial charge in [-0.05, 0) is 102 Å². The third kappa shape index (κ3) is 25.2. The van der Waals surface area contributed by atoms with E-state index >= 15 is 24.0 Å². The smallest absolute Gasteiger partial charge is 0.338 e. The fraction of sp³-hybridized carbons (Fsp3) is 0.326. The molecule has 3 aliphatic heterocycles. The third-order valence-electron chi connectivity index (χ3n) is 19.5. The monoisotopic (exact) mass is 1620 g/mol. The van der Waals surface area contributed by atoms with Crippen LogP contribution < -0.4 is 0 Å². The Balaban J connectivity index is 1.05. The Bertz CT molecular complexity index is 4740. The van der Waals surface area contributed by atoms with Crippen LogP contribution in [-0.2, 0) is 128 Å². The van der Waals surface area contributed by atoms with Crippen molar-refractivity contribution in [3.63, 3.8) is 0 Å². The van der Waals surface area contributed by atoms with E-state index in [2.05, 4.69) is 10.0 Å². The zero-order valence-electron chi connectivity index (χ0n) is 65.2. The van der Waals surface area contributed by atoms with E-state index in [1.54, 1.807) is 224 Å². The first kappa shape index (κ1) is 86.2. The van der Waals surface area contributed by atoms with Crippen LogP contribution in [0, 0.1) is 0 Å². The fourth-order valence-electron chi connectivity index (χ4n) is 13.5. The molecule has 0 aromatic heterocycles. The average molecular weight is 1620 g/mol. The van der Waals surface area contributed by atoms with Gasteiger partial charge in [-0.2, -0.15) is 0 Å². The lowest BCUT2D eigenvalue weighted by Crippen LogP contribution is -2.69. The summed E-state index contributed by atoms with van der Waals surface area (Å²) in [5, 5.41) is 3.67. The Morgan fingerprint density at radius 1 is 0.336 bits per heavy atom. The molecule has 0 unspecified atom stereocenters. The van der Waals surface area contributed by atoms with Crippen LogP contribution in [0.2, 0.25) is 0 Å². The van der Waals surface area contributed by atoms with Gasteiger partial charge in [-0.25, -0.2) is 28.8 Å². The van der Waals surface area contributed by atoms with Crippen molar-refractivity contribution in [1.29, 1.82) is 0 Å². The maximum Gasteiger partial charge on any atom is 0.338 e. The van der Waals surface area contributed by atoms with E-state index in [4.69, 9.17) is 81.3 Å². The van der Waals surface area contributed by atoms with Gasteiger partial charge in [-0.15, -0.1) is 0 Å². The number of unbranched alkanes of at least 4 members (excludes halogenated alkanes) is 3. The summed E-state index contributed by atoms with van der Waals surface area (Å²) in [6, 6.07) is 75.4. The number of nitrogens with zero attached hydrogens (tertiary/aromatic N) is 3. The molecule has 3 saturated heterocycles. The van der Waals surface area contributed by atoms with Crippen molar-refractivity contribution < 1.29 is 114 Å². The predicted octanol–water partition coefficient (Wildman–Crippen LogP) is 13.9. The molecule has 9 aromatic carbocycles. The molecular weight excluding hydrogens is 1530 g/mol. The van der Waals surface area contributed by atoms with Crippen LogP contribution in [0.15, 0.2) is 278 Å². The lowest BCUT2D eigenvalue weighted by Gasteiger charge is -2.50. The average Bonchev–Trinajstić information content (AvgIpc) is 0.751. The minimum absolute atomic E-state index is 0.0157. The van der Waals surface area contributed by atoms with Crippen molar-refractivity contribution in [3.8, 4) is 0 Å². The number of ether oxygens (including phenoxy) is 16. The highest BCUT2D eigenvalue weighted by molar-refractivity contribution is 5.91. The number of Topliss-reactive ketones (excluding diaryl/α,β-unsaturated/α-hetero) is 1. The van der Waals surface area contributed by atoms with Crippen molar-refractivity contribution in [2.45, 2.75) is 171 Å². The minimum Gasteiger partial charge on any atom is -0.459 e. The van der Waals surface area contributed by atoms with E-state index in [-0.39, 0.29) is 80.6 Å². The number of ketones is 1. The number of hydrogen-bond donors (Lipinski definition) is 0. The van der Waals surface area contributed by atoms with Gasteiger partial charge in [0.2, 0.25) is 0 Å². The summed E-state index contributed by atoms with van der Waals surface area (Å²) in [6.07, 6.45) is -27.2. The highest BCUT2D eigenvalue weighted by atomic mass is 16.8. The maximum atomic E-state index is 15.5. The van der Waals surface area contributed by atoms with E-state index in [1.807, 2.05) is 0 Å². The summed E-state index contributed by atoms with van der Waals surface area (Å²) in [7, 11) is 0. The molecule has 27 heteroatoms. The van der Waals surface area contributed by atoms with Crippen LogP contribution in [0.3, 0.4) is 0 Å². The Morgan fingerprint density at radius 2 is 0.689 bits per heavy atom. The molecule has 3 aliphatic rings. The Hall–Kier alpha value is -12.1. The zero-order valence-corrected chi connectivity index (χ0v) is 65.2. The van der Waals surface area contributed by atoms with E-state index in [1.165, 1.54) is 55.5 Å². The van der Waals surface area contributed by atoms with Crippen molar-refractivity contribution in [2.75, 3.05) is 19.8 Å². The molecule has 12 rings (SSSR count). The van der Waals surface area contributed by atoms with Crippen molar-refractivity contribution in [1.82, 2.24) is 0 Å². The molecule has 3 fully saturated rings. The van der Waals surface area contributed by atoms with Gasteiger partial charge < -0.3 is 80.6 Å². The molecule has 119 heavy (non-hydrogen) atoms. The van der Waals surface area contributed by atoms with Crippen molar-refractivity contribution in [3.05, 3.63) is 334 Å². The number of azide groups is 1. The van der Waals surface area contributed by atoms with Crippen LogP contribution in [0.5, 0.6) is 0 Å². The van der Waals surface area contributed by atoms with Gasteiger partial charge in [0.1, 0.15) is 62.2 Å². The Labute approximate surface area is 687 Å². The Kier molecular flexibility index (Phi) is 32.6. The first-order valence-electron chi connectivity index (χ1n) is 39.2. The maximum absolute atomic E-state index is 15.5. The second-order valence-corrected chi connectivity index (χ2v) is 28.1. The van der Waals surface area contributed by atoms with E-state index in [9.17, 15) is 14.4 Å². The van der Waals surface area contributed by atoms with Gasteiger partial charge in [0, 0.05) is 24.5 Å². The highest BCUT2D eigenvalue weighted by Gasteiger charge is 2.61. The number of benzene rings is 9. The van der Waals surface area contributed by atoms with Gasteiger partial charge in [-0.1, -0.05) is 242 Å². The molecule has 27 nitrogen and oxygen atoms in total. The molecule has 0 spiro atoms. The van der Waals surface area contributed by atoms with Crippen LogP contribution in [0.1, 0.15) is 115 Å². The number of rotatable bonds is 40. The van der Waals surface area contributed by atoms with Crippen LogP contribution in [0.25, 0.3) is 10.4 Å². The number of carbonyl (C=O) groups excluding carboxylic acids is 8. The quantitative estimate of drug-likeness (QED) is 0.00859. The van der Waals surface area contributed by atoms with E-state index in [0.717, 1.165) is 0 Å². The summed E-state index contributed by atoms with van der Waals surface area (Å²) < 4.78 is 108. The van der Waals surface area contributed by atoms with E-state index < -0.39 is 147 Å². The lowest BCUT2D eigenvalue weighted by molar-refractivity contribution is -0.381. The zero-order chi connectivity index (χ0) is 82.9. The molecule has 0 bridgehead atoms. The molecule has 3 heterocycles. The van der Waals surface area contributed by atoms with Gasteiger partial charge in [0.25, 0.3) is 0 Å². The predicted molar refractivity (Wildman–Crippen MR) is 425 cm³/mol. The third-order valence-corrected chi connectivity index (χ3v) is 19.5. The number of esters is 7. The lowest BCUT2D eigenvalue weighted by atomic mass is 9.94. The van der Waals surface area contributed by atoms with Gasteiger partial charge in [0.15, 0.2) is 55.5 Å². The van der Waals surface area contributed by atoms with Gasteiger partial charge in [-0.3, -0.25) is 4.79 Å². The summed E-state index contributed by atoms with van der Waals surface area (Å²) in [5.41, 5.74) is 11.9. The second-order valence-electron chi connectivity index (χ2n) is 28.1. The minimum atomic E-state index is -2.19. The normalized spacial score (nSPS) is 22.6. The first-order chi connectivity index (χ1) is 58.2. The molecule has 15 atom stereocenters. The van der Waals surface area contributed by atoms with Crippen LogP contribution in [0.4, 0.5) is 0 Å². The molecule has 0 saturated carbocycles. The van der Waals surface area contributed by atoms with Gasteiger partial charge in [0.05, 0.1) is 48.5 Å². The SMILES string of the molecule is CC(=O)CCC(=O)O[C@@H]1[C@@H](OC(=O)c2ccccc2)[C@H](O[C@H]2[C@H](OCc3ccccc3)[C@@H](OC(=O)c3ccccc3)[C@H](O[C@@H]3[C@@H](OC(=O)c4ccccc4)[C@H](OCCCCCCN=[N+]=[N-])O[C@H](C(=O)OCc4ccccc4)[C@H]3OCc3ccccc3)O[C@@H]2COC(=O)c2ccccc2)O[C@H](C(=O)OCc2ccccc2)[C@H]1OCc1ccccc1. The second kappa shape index (κ2) is 45.0. The standard InChI is InChI=1S/C92H91N3O24/c1-61(96)51-52-72(97)112-77-75(106-56-63-35-15-5-16-36-63)80(89(103)109-59-66-41-21-8-22-42-66)119-92(83(77)115-87(101)70-49-29-12-30-50-70)116-73-71(60-110-84(98)67-43-23-9-24-44-67)111-91(81(113-85(99)68-45-25-10-26-46-68)74(73)105-55-62-33-13-4-14-34-62)117-78-76(107-57-64-37-17-6-18-38-64)79(88(102)108-58-65-39-19-7-20-40-65)118-90(104-54-32-3-2-31-53-94-95-93)82(78)114-86(100)69-47-27-11-28-48-69/h4-30,33-50,71,73-83,90-92H,2-3,31-32,51-60H2,1H3/t71-,73-,74+,75+,76+,77+,78+,79+,80+,81-,82-,83-,90-,91+,92-/m1/s1. The summed E-state index contributed by atoms with van der Waals surface area (Å²) in [5.74, 6) is -7.36. The van der Waals surface area contributed by atoms with Crippen LogP contribution >= 0.6 is 0 Å². The van der Waals surface area contributed by atoms with Crippen molar-refractivity contribution >= 4 is 47.6 Å². The fourth-order valence-corrected chi connectivity index (χ4v) is 13.5. The molecular formula is C92H91N3O24. The molecule has 0 radical (unpaired) electrons. The summed E-state index contributed by atoms with van der Waals surface area (Å²) in [6.45, 7) is -0.892. The first-order valence-corrected chi connectivity index (χ1v) is 39.2. The van der Waals surface area contributed by atoms with Crippen molar-refractivity contribution in [2.24, 2.45) is 5.11 Å². The summed E-state index contributed by atoms with van der Waals surface area (Å²) in [4.78, 5) is 122. The molecule has 0 N–H and O–H groups in total. The molecule has 0 amide bonds. The molecule has 9 aromatic rings. The molecule has 0 aliphatic carbocycles. The molecule has 618 valence electrons. The highest BCUT2D eigenvalue weighted by Crippen LogP contribution is 2.41. The van der Waals surface area contributed by atoms with Gasteiger partial charge >= 0.3 is 41.8 Å². The Morgan fingerprint density at radius 3 is 1.12 bits per heavy atom. The number of carbonyl (C=O) groups is 8. The largest absolute Gasteiger partial charge is 0.459 e. The van der Waals surface area contributed by atoms with E-state index in [0.29, 0.717) is 53.5 Å². The topological polar surface area (TPSA) is 333 Å². The summed E-state index contributed by atoms with van der Waals surface area (Å²) >= 11 is 0. The van der Waals surface area contributed by atoms with Crippen LogP contribution in [-0.4, -0.2) is 159 Å².